The summed E-state index contributed by atoms with van der Waals surface area (Å²) in [4.78, 5) is 29.5. The standard InChI is InChI=1S/C39H57N3O3/c1-35(2)28(26-9-11-27(12-10-26)33(43)44)15-18-36(3)31(35)16-19-38(5)32(36)14-13-29-30-8-7-17-39(30,21-20-37(29,38)4)40-34(45)42-24-22-41(6)23-25-42/h9-12,15,29-32H,7-8,13-14,16-25H2,1-6H3,(H,40,45)(H,43,44)/t29?,30?,31?,32?,36?,37-,38?,39?/m1/s1. The minimum Gasteiger partial charge on any atom is -0.478 e. The number of likely N-dealkylation sites (N-methyl/N-ethyl adjacent to an activating group) is 1. The number of allylic oxidation sites excluding steroid dienone is 2. The Bertz CT molecular complexity index is 1380. The lowest BCUT2D eigenvalue weighted by molar-refractivity contribution is -0.216. The van der Waals surface area contributed by atoms with Gasteiger partial charge < -0.3 is 20.2 Å². The van der Waals surface area contributed by atoms with E-state index in [1.165, 1.54) is 56.1 Å². The fourth-order valence-corrected chi connectivity index (χ4v) is 13.0. The SMILES string of the molecule is CN1CCN(C(=O)NC23CCCC2C2CCC4C5(C)CC=C(c6ccc(C(=O)O)cc6)C(C)(C)C5CCC4(C)[C@]2(C)CC3)CC1. The summed E-state index contributed by atoms with van der Waals surface area (Å²) in [5.74, 6) is 1.69. The fraction of sp³-hybridized carbons (Fsp3) is 0.744. The second-order valence-electron chi connectivity index (χ2n) is 17.5. The van der Waals surface area contributed by atoms with Crippen molar-refractivity contribution in [1.82, 2.24) is 15.1 Å². The van der Waals surface area contributed by atoms with Crippen LogP contribution in [0.5, 0.6) is 0 Å². The van der Waals surface area contributed by atoms with E-state index in [9.17, 15) is 14.7 Å². The molecule has 4 saturated carbocycles. The first kappa shape index (κ1) is 31.3. The summed E-state index contributed by atoms with van der Waals surface area (Å²) in [5, 5.41) is 13.2. The van der Waals surface area contributed by atoms with Gasteiger partial charge in [0.05, 0.1) is 5.56 Å². The van der Waals surface area contributed by atoms with Crippen LogP contribution in [0, 0.1) is 45.3 Å². The quantitative estimate of drug-likeness (QED) is 0.362. The number of amides is 2. The van der Waals surface area contributed by atoms with Crippen LogP contribution in [0.25, 0.3) is 5.57 Å². The second kappa shape index (κ2) is 10.6. The van der Waals surface area contributed by atoms with Gasteiger partial charge in [-0.3, -0.25) is 0 Å². The van der Waals surface area contributed by atoms with Gasteiger partial charge in [-0.1, -0.05) is 59.2 Å². The van der Waals surface area contributed by atoms with Gasteiger partial charge in [0.1, 0.15) is 0 Å². The van der Waals surface area contributed by atoms with Crippen molar-refractivity contribution in [1.29, 1.82) is 0 Å². The molecule has 8 atom stereocenters. The van der Waals surface area contributed by atoms with Crippen LogP contribution in [-0.4, -0.2) is 65.7 Å². The number of hydrogen-bond donors (Lipinski definition) is 2. The van der Waals surface area contributed by atoms with E-state index in [4.69, 9.17) is 0 Å². The number of carbonyl (C=O) groups is 2. The molecule has 0 spiro atoms. The molecule has 0 bridgehead atoms. The maximum absolute atomic E-state index is 13.6. The Hall–Kier alpha value is -2.34. The molecule has 7 unspecified atom stereocenters. The highest BCUT2D eigenvalue weighted by Crippen LogP contribution is 2.76. The van der Waals surface area contributed by atoms with Crippen LogP contribution >= 0.6 is 0 Å². The molecule has 1 heterocycles. The number of nitrogens with zero attached hydrogens (tertiary/aromatic N) is 2. The van der Waals surface area contributed by atoms with E-state index in [1.807, 2.05) is 12.1 Å². The number of benzene rings is 1. The first-order valence-electron chi connectivity index (χ1n) is 18.1. The van der Waals surface area contributed by atoms with Crippen molar-refractivity contribution in [3.05, 3.63) is 41.5 Å². The summed E-state index contributed by atoms with van der Waals surface area (Å²) < 4.78 is 0. The van der Waals surface area contributed by atoms with E-state index in [0.29, 0.717) is 40.1 Å². The van der Waals surface area contributed by atoms with Crippen LogP contribution < -0.4 is 5.32 Å². The van der Waals surface area contributed by atoms with Crippen LogP contribution in [0.3, 0.4) is 0 Å². The lowest BCUT2D eigenvalue weighted by Gasteiger charge is -2.72. The molecule has 6 nitrogen and oxygen atoms in total. The Labute approximate surface area is 271 Å². The molecule has 2 amide bonds. The van der Waals surface area contributed by atoms with E-state index in [0.717, 1.165) is 45.4 Å². The van der Waals surface area contributed by atoms with Crippen molar-refractivity contribution >= 4 is 17.6 Å². The smallest absolute Gasteiger partial charge is 0.335 e. The fourth-order valence-electron chi connectivity index (χ4n) is 13.0. The number of nitrogens with one attached hydrogen (secondary N) is 1. The first-order valence-corrected chi connectivity index (χ1v) is 18.1. The maximum atomic E-state index is 13.6. The topological polar surface area (TPSA) is 72.9 Å². The van der Waals surface area contributed by atoms with Gasteiger partial charge in [-0.05, 0) is 133 Å². The van der Waals surface area contributed by atoms with Crippen LogP contribution in [0.2, 0.25) is 0 Å². The van der Waals surface area contributed by atoms with E-state index in [-0.39, 0.29) is 22.4 Å². The monoisotopic (exact) mass is 615 g/mol. The summed E-state index contributed by atoms with van der Waals surface area (Å²) >= 11 is 0. The Kier molecular flexibility index (Phi) is 7.36. The molecule has 1 saturated heterocycles. The number of piperazine rings is 1. The van der Waals surface area contributed by atoms with Crippen LogP contribution in [0.1, 0.15) is 115 Å². The normalized spacial score (nSPS) is 42.4. The number of carboxylic acid groups (broad SMARTS) is 1. The summed E-state index contributed by atoms with van der Waals surface area (Å²) in [6.45, 7) is 16.5. The van der Waals surface area contributed by atoms with Crippen molar-refractivity contribution in [2.75, 3.05) is 33.2 Å². The van der Waals surface area contributed by atoms with Crippen molar-refractivity contribution in [2.45, 2.75) is 104 Å². The van der Waals surface area contributed by atoms with Crippen LogP contribution in [0.4, 0.5) is 4.79 Å². The van der Waals surface area contributed by atoms with E-state index in [1.54, 1.807) is 12.1 Å². The number of fused-ring (bicyclic) bond motifs is 7. The van der Waals surface area contributed by atoms with E-state index < -0.39 is 5.97 Å². The summed E-state index contributed by atoms with van der Waals surface area (Å²) in [6.07, 6.45) is 14.8. The molecule has 1 aliphatic heterocycles. The number of aromatic carboxylic acids is 1. The largest absolute Gasteiger partial charge is 0.478 e. The van der Waals surface area contributed by atoms with Crippen molar-refractivity contribution in [3.8, 4) is 0 Å². The molecule has 0 aromatic heterocycles. The van der Waals surface area contributed by atoms with Crippen LogP contribution in [-0.2, 0) is 0 Å². The zero-order valence-corrected chi connectivity index (χ0v) is 28.8. The van der Waals surface area contributed by atoms with Gasteiger partial charge in [0, 0.05) is 31.7 Å². The zero-order chi connectivity index (χ0) is 32.0. The lowest BCUT2D eigenvalue weighted by atomic mass is 9.33. The highest BCUT2D eigenvalue weighted by atomic mass is 16.4. The molecular weight excluding hydrogens is 558 g/mol. The first-order chi connectivity index (χ1) is 21.3. The maximum Gasteiger partial charge on any atom is 0.335 e. The minimum atomic E-state index is -0.864. The highest BCUT2D eigenvalue weighted by molar-refractivity contribution is 5.88. The van der Waals surface area contributed by atoms with Gasteiger partial charge in [-0.2, -0.15) is 0 Å². The van der Waals surface area contributed by atoms with Gasteiger partial charge in [0.25, 0.3) is 0 Å². The molecular formula is C39H57N3O3. The Morgan fingerprint density at radius 2 is 1.51 bits per heavy atom. The average Bonchev–Trinajstić information content (AvgIpc) is 3.41. The Morgan fingerprint density at radius 1 is 0.800 bits per heavy atom. The molecule has 1 aromatic carbocycles. The third kappa shape index (κ3) is 4.50. The molecule has 1 aromatic rings. The molecule has 7 rings (SSSR count). The van der Waals surface area contributed by atoms with Crippen molar-refractivity contribution in [2.24, 2.45) is 45.3 Å². The molecule has 6 heteroatoms. The third-order valence-electron chi connectivity index (χ3n) is 15.5. The Balaban J connectivity index is 1.15. The number of rotatable bonds is 3. The predicted octanol–water partition coefficient (Wildman–Crippen LogP) is 7.94. The molecule has 246 valence electrons. The van der Waals surface area contributed by atoms with Gasteiger partial charge in [-0.25, -0.2) is 9.59 Å². The minimum absolute atomic E-state index is 0.0183. The predicted molar refractivity (Wildman–Crippen MR) is 180 cm³/mol. The van der Waals surface area contributed by atoms with Crippen molar-refractivity contribution < 1.29 is 14.7 Å². The number of urea groups is 1. The van der Waals surface area contributed by atoms with E-state index >= 15 is 0 Å². The van der Waals surface area contributed by atoms with Gasteiger partial charge >= 0.3 is 12.0 Å². The molecule has 0 radical (unpaired) electrons. The zero-order valence-electron chi connectivity index (χ0n) is 28.8. The Morgan fingerprint density at radius 3 is 2.20 bits per heavy atom. The summed E-state index contributed by atoms with van der Waals surface area (Å²) in [5.41, 5.74) is 3.77. The average molecular weight is 616 g/mol. The molecule has 5 fully saturated rings. The molecule has 45 heavy (non-hydrogen) atoms. The van der Waals surface area contributed by atoms with Gasteiger partial charge in [0.2, 0.25) is 0 Å². The van der Waals surface area contributed by atoms with Gasteiger partial charge in [0.15, 0.2) is 0 Å². The van der Waals surface area contributed by atoms with Gasteiger partial charge in [-0.15, -0.1) is 0 Å². The number of carboxylic acids is 1. The molecule has 5 aliphatic carbocycles. The lowest BCUT2D eigenvalue weighted by Crippen LogP contribution is -2.68. The molecule has 6 aliphatic rings. The van der Waals surface area contributed by atoms with E-state index in [2.05, 4.69) is 62.9 Å². The molecule has 2 N–H and O–H groups in total. The van der Waals surface area contributed by atoms with Crippen molar-refractivity contribution in [3.63, 3.8) is 0 Å². The van der Waals surface area contributed by atoms with Crippen LogP contribution in [0.15, 0.2) is 30.3 Å². The third-order valence-corrected chi connectivity index (χ3v) is 15.5. The summed E-state index contributed by atoms with van der Waals surface area (Å²) in [7, 11) is 2.15. The number of hydrogen-bond acceptors (Lipinski definition) is 3. The number of carbonyl (C=O) groups excluding carboxylic acids is 1. The second-order valence-corrected chi connectivity index (χ2v) is 17.5. The summed E-state index contributed by atoms with van der Waals surface area (Å²) in [6, 6.07) is 7.77. The highest BCUT2D eigenvalue weighted by Gasteiger charge is 2.69.